The standard InChI is InChI=1S/C12H16N2O4/c1-9-7-13(4-5-18-9)11-3-2-10(8-15)6-12(11)14(16)17/h2-3,6,9,15H,4-5,7-8H2,1H3. The molecule has 0 amide bonds. The molecule has 2 rings (SSSR count). The van der Waals surface area contributed by atoms with Gasteiger partial charge in [-0.05, 0) is 18.6 Å². The summed E-state index contributed by atoms with van der Waals surface area (Å²) >= 11 is 0. The summed E-state index contributed by atoms with van der Waals surface area (Å²) in [4.78, 5) is 12.6. The van der Waals surface area contributed by atoms with Crippen LogP contribution in [0.1, 0.15) is 12.5 Å². The van der Waals surface area contributed by atoms with Crippen molar-refractivity contribution in [2.45, 2.75) is 19.6 Å². The molecule has 1 atom stereocenters. The predicted octanol–water partition coefficient (Wildman–Crippen LogP) is 1.31. The van der Waals surface area contributed by atoms with Gasteiger partial charge in [-0.15, -0.1) is 0 Å². The van der Waals surface area contributed by atoms with Gasteiger partial charge in [0, 0.05) is 19.2 Å². The highest BCUT2D eigenvalue weighted by Gasteiger charge is 2.24. The van der Waals surface area contributed by atoms with Crippen molar-refractivity contribution in [3.8, 4) is 0 Å². The highest BCUT2D eigenvalue weighted by Crippen LogP contribution is 2.30. The molecule has 1 aliphatic rings. The van der Waals surface area contributed by atoms with E-state index in [0.29, 0.717) is 30.9 Å². The number of nitro groups is 1. The van der Waals surface area contributed by atoms with Gasteiger partial charge in [0.05, 0.1) is 24.2 Å². The molecule has 0 saturated carbocycles. The quantitative estimate of drug-likeness (QED) is 0.648. The molecule has 1 heterocycles. The third kappa shape index (κ3) is 2.60. The van der Waals surface area contributed by atoms with Crippen molar-refractivity contribution in [2.75, 3.05) is 24.6 Å². The van der Waals surface area contributed by atoms with Crippen LogP contribution in [0.2, 0.25) is 0 Å². The molecule has 1 aromatic carbocycles. The average Bonchev–Trinajstić information content (AvgIpc) is 2.38. The van der Waals surface area contributed by atoms with Crippen molar-refractivity contribution in [3.05, 3.63) is 33.9 Å². The molecular formula is C12H16N2O4. The van der Waals surface area contributed by atoms with Crippen LogP contribution >= 0.6 is 0 Å². The third-order valence-corrected chi connectivity index (χ3v) is 3.00. The zero-order valence-corrected chi connectivity index (χ0v) is 10.2. The fourth-order valence-corrected chi connectivity index (χ4v) is 2.12. The lowest BCUT2D eigenvalue weighted by molar-refractivity contribution is -0.384. The molecule has 0 bridgehead atoms. The Labute approximate surface area is 105 Å². The van der Waals surface area contributed by atoms with Crippen LogP contribution in [0.3, 0.4) is 0 Å². The van der Waals surface area contributed by atoms with Crippen molar-refractivity contribution in [1.82, 2.24) is 0 Å². The first kappa shape index (κ1) is 12.8. The zero-order chi connectivity index (χ0) is 13.1. The fourth-order valence-electron chi connectivity index (χ4n) is 2.12. The lowest BCUT2D eigenvalue weighted by atomic mass is 10.1. The Kier molecular flexibility index (Phi) is 3.78. The largest absolute Gasteiger partial charge is 0.392 e. The van der Waals surface area contributed by atoms with Crippen molar-refractivity contribution >= 4 is 11.4 Å². The van der Waals surface area contributed by atoms with Crippen LogP contribution in [0.5, 0.6) is 0 Å². The number of benzene rings is 1. The second-order valence-electron chi connectivity index (χ2n) is 4.37. The number of aliphatic hydroxyl groups excluding tert-OH is 1. The number of anilines is 1. The Morgan fingerprint density at radius 2 is 2.39 bits per heavy atom. The number of ether oxygens (including phenoxy) is 1. The lowest BCUT2D eigenvalue weighted by Crippen LogP contribution is -2.41. The molecular weight excluding hydrogens is 236 g/mol. The van der Waals surface area contributed by atoms with E-state index in [1.54, 1.807) is 12.1 Å². The van der Waals surface area contributed by atoms with E-state index in [-0.39, 0.29) is 18.4 Å². The Bertz CT molecular complexity index is 450. The summed E-state index contributed by atoms with van der Waals surface area (Å²) in [5.74, 6) is 0. The van der Waals surface area contributed by atoms with Gasteiger partial charge in [0.1, 0.15) is 5.69 Å². The summed E-state index contributed by atoms with van der Waals surface area (Å²) in [5, 5.41) is 20.1. The minimum Gasteiger partial charge on any atom is -0.392 e. The molecule has 0 spiro atoms. The van der Waals surface area contributed by atoms with Crippen LogP contribution in [-0.4, -0.2) is 35.8 Å². The molecule has 1 unspecified atom stereocenters. The van der Waals surface area contributed by atoms with Crippen LogP contribution in [-0.2, 0) is 11.3 Å². The highest BCUT2D eigenvalue weighted by molar-refractivity contribution is 5.64. The minimum atomic E-state index is -0.408. The summed E-state index contributed by atoms with van der Waals surface area (Å²) in [6.45, 7) is 3.60. The zero-order valence-electron chi connectivity index (χ0n) is 10.2. The number of rotatable bonds is 3. The minimum absolute atomic E-state index is 0.0376. The van der Waals surface area contributed by atoms with E-state index < -0.39 is 4.92 Å². The number of hydrogen-bond acceptors (Lipinski definition) is 5. The highest BCUT2D eigenvalue weighted by atomic mass is 16.6. The molecule has 1 N–H and O–H groups in total. The van der Waals surface area contributed by atoms with Gasteiger partial charge in [0.25, 0.3) is 5.69 Å². The SMILES string of the molecule is CC1CN(c2ccc(CO)cc2[N+](=O)[O-])CCO1. The second kappa shape index (κ2) is 5.32. The van der Waals surface area contributed by atoms with Crippen LogP contribution in [0, 0.1) is 10.1 Å². The summed E-state index contributed by atoms with van der Waals surface area (Å²) < 4.78 is 5.42. The maximum absolute atomic E-state index is 11.1. The van der Waals surface area contributed by atoms with Gasteiger partial charge in [-0.3, -0.25) is 10.1 Å². The van der Waals surface area contributed by atoms with E-state index in [0.717, 1.165) is 0 Å². The smallest absolute Gasteiger partial charge is 0.292 e. The number of nitro benzene ring substituents is 1. The van der Waals surface area contributed by atoms with E-state index in [1.807, 2.05) is 11.8 Å². The summed E-state index contributed by atoms with van der Waals surface area (Å²) in [5.41, 5.74) is 1.18. The van der Waals surface area contributed by atoms with E-state index in [9.17, 15) is 10.1 Å². The van der Waals surface area contributed by atoms with Gasteiger partial charge in [-0.1, -0.05) is 6.07 Å². The van der Waals surface area contributed by atoms with Gasteiger partial charge in [0.15, 0.2) is 0 Å². The first-order valence-electron chi connectivity index (χ1n) is 5.86. The van der Waals surface area contributed by atoms with Crippen molar-refractivity contribution in [2.24, 2.45) is 0 Å². The first-order chi connectivity index (χ1) is 8.61. The molecule has 1 fully saturated rings. The average molecular weight is 252 g/mol. The van der Waals surface area contributed by atoms with Crippen LogP contribution in [0.25, 0.3) is 0 Å². The monoisotopic (exact) mass is 252 g/mol. The number of morpholine rings is 1. The van der Waals surface area contributed by atoms with Crippen molar-refractivity contribution in [3.63, 3.8) is 0 Å². The molecule has 0 aromatic heterocycles. The molecule has 1 saturated heterocycles. The molecule has 6 heteroatoms. The molecule has 98 valence electrons. The van der Waals surface area contributed by atoms with E-state index in [2.05, 4.69) is 0 Å². The van der Waals surface area contributed by atoms with E-state index >= 15 is 0 Å². The summed E-state index contributed by atoms with van der Waals surface area (Å²) in [6, 6.07) is 4.83. The number of nitrogens with zero attached hydrogens (tertiary/aromatic N) is 2. The molecule has 0 radical (unpaired) electrons. The van der Waals surface area contributed by atoms with Gasteiger partial charge in [-0.25, -0.2) is 0 Å². The maximum Gasteiger partial charge on any atom is 0.292 e. The van der Waals surface area contributed by atoms with Crippen molar-refractivity contribution < 1.29 is 14.8 Å². The molecule has 0 aliphatic carbocycles. The normalized spacial score (nSPS) is 19.9. The lowest BCUT2D eigenvalue weighted by Gasteiger charge is -2.32. The van der Waals surface area contributed by atoms with Crippen LogP contribution < -0.4 is 4.90 Å². The Balaban J connectivity index is 2.33. The molecule has 1 aromatic rings. The molecule has 18 heavy (non-hydrogen) atoms. The third-order valence-electron chi connectivity index (χ3n) is 3.00. The summed E-state index contributed by atoms with van der Waals surface area (Å²) in [6.07, 6.45) is 0.0656. The van der Waals surface area contributed by atoms with Crippen molar-refractivity contribution in [1.29, 1.82) is 0 Å². The van der Waals surface area contributed by atoms with Gasteiger partial charge in [-0.2, -0.15) is 0 Å². The Morgan fingerprint density at radius 3 is 3.00 bits per heavy atom. The van der Waals surface area contributed by atoms with E-state index in [1.165, 1.54) is 6.07 Å². The van der Waals surface area contributed by atoms with E-state index in [4.69, 9.17) is 9.84 Å². The molecule has 1 aliphatic heterocycles. The van der Waals surface area contributed by atoms with Crippen LogP contribution in [0.4, 0.5) is 11.4 Å². The van der Waals surface area contributed by atoms with Crippen LogP contribution in [0.15, 0.2) is 18.2 Å². The van der Waals surface area contributed by atoms with Gasteiger partial charge < -0.3 is 14.7 Å². The predicted molar refractivity (Wildman–Crippen MR) is 66.6 cm³/mol. The number of aliphatic hydroxyl groups is 1. The topological polar surface area (TPSA) is 75.8 Å². The maximum atomic E-state index is 11.1. The fraction of sp³-hybridized carbons (Fsp3) is 0.500. The van der Waals surface area contributed by atoms with Gasteiger partial charge >= 0.3 is 0 Å². The summed E-state index contributed by atoms with van der Waals surface area (Å²) in [7, 11) is 0. The Morgan fingerprint density at radius 1 is 1.61 bits per heavy atom. The number of hydrogen-bond donors (Lipinski definition) is 1. The Hall–Kier alpha value is -1.66. The second-order valence-corrected chi connectivity index (χ2v) is 4.37. The van der Waals surface area contributed by atoms with Gasteiger partial charge in [0.2, 0.25) is 0 Å². The first-order valence-corrected chi connectivity index (χ1v) is 5.86. The molecule has 6 nitrogen and oxygen atoms in total.